The van der Waals surface area contributed by atoms with Crippen LogP contribution in [0.4, 0.5) is 5.69 Å². The zero-order valence-corrected chi connectivity index (χ0v) is 16.1. The van der Waals surface area contributed by atoms with Gasteiger partial charge in [0.1, 0.15) is 11.5 Å². The minimum atomic E-state index is -0.205. The number of methoxy groups -OCH3 is 2. The summed E-state index contributed by atoms with van der Waals surface area (Å²) in [6.45, 7) is 2.98. The second kappa shape index (κ2) is 10.1. The summed E-state index contributed by atoms with van der Waals surface area (Å²) in [5.74, 6) is 0.546. The van der Waals surface area contributed by atoms with Crippen LogP contribution in [0.15, 0.2) is 12.1 Å². The van der Waals surface area contributed by atoms with Crippen LogP contribution in [-0.4, -0.2) is 64.7 Å². The number of rotatable bonds is 9. The molecule has 0 unspecified atom stereocenters. The maximum absolute atomic E-state index is 12.1. The lowest BCUT2D eigenvalue weighted by molar-refractivity contribution is -0.121. The van der Waals surface area contributed by atoms with Crippen LogP contribution in [-0.2, 0) is 9.59 Å². The molecule has 0 spiro atoms. The molecule has 0 heterocycles. The molecule has 1 aromatic carbocycles. The summed E-state index contributed by atoms with van der Waals surface area (Å²) in [5, 5.41) is 3.21. The molecular formula is C17H26ClN3O4. The third-order valence-electron chi connectivity index (χ3n) is 3.57. The second-order valence-corrected chi connectivity index (χ2v) is 6.14. The molecule has 2 amide bonds. The Morgan fingerprint density at radius 3 is 2.28 bits per heavy atom. The number of hydrogen-bond donors (Lipinski definition) is 1. The van der Waals surface area contributed by atoms with Gasteiger partial charge in [0.05, 0.1) is 24.9 Å². The highest BCUT2D eigenvalue weighted by atomic mass is 35.5. The molecule has 0 aliphatic rings. The Balaban J connectivity index is 2.87. The summed E-state index contributed by atoms with van der Waals surface area (Å²) >= 11 is 6.10. The van der Waals surface area contributed by atoms with Gasteiger partial charge in [-0.05, 0) is 14.1 Å². The van der Waals surface area contributed by atoms with E-state index in [-0.39, 0.29) is 24.8 Å². The maximum atomic E-state index is 12.1. The van der Waals surface area contributed by atoms with E-state index in [0.29, 0.717) is 28.8 Å². The van der Waals surface area contributed by atoms with Crippen LogP contribution >= 0.6 is 11.6 Å². The molecule has 0 radical (unpaired) electrons. The summed E-state index contributed by atoms with van der Waals surface area (Å²) in [6.07, 6.45) is 0.182. The van der Waals surface area contributed by atoms with Crippen molar-refractivity contribution in [1.29, 1.82) is 0 Å². The number of nitrogens with one attached hydrogen (secondary N) is 1. The van der Waals surface area contributed by atoms with E-state index in [9.17, 15) is 9.59 Å². The summed E-state index contributed by atoms with van der Waals surface area (Å²) in [7, 11) is 6.86. The van der Waals surface area contributed by atoms with Gasteiger partial charge in [-0.3, -0.25) is 9.59 Å². The molecule has 8 heteroatoms. The molecule has 0 atom stereocenters. The quantitative estimate of drug-likeness (QED) is 0.716. The number of amides is 2. The molecule has 0 aliphatic carbocycles. The third kappa shape index (κ3) is 6.43. The standard InChI is InChI=1S/C17H26ClN3O4/c1-12(22)21(8-6-17(23)19-7-9-20(2)3)14-11-15(24-4)13(18)10-16(14)25-5/h10-11H,6-9H2,1-5H3,(H,19,23). The normalized spacial score (nSPS) is 10.5. The van der Waals surface area contributed by atoms with Crippen molar-refractivity contribution in [3.05, 3.63) is 17.2 Å². The van der Waals surface area contributed by atoms with Crippen molar-refractivity contribution >= 4 is 29.1 Å². The highest BCUT2D eigenvalue weighted by Gasteiger charge is 2.20. The van der Waals surface area contributed by atoms with E-state index in [2.05, 4.69) is 5.32 Å². The Kier molecular flexibility index (Phi) is 8.51. The van der Waals surface area contributed by atoms with Gasteiger partial charge in [0, 0.05) is 45.1 Å². The van der Waals surface area contributed by atoms with Gasteiger partial charge in [-0.15, -0.1) is 0 Å². The molecule has 7 nitrogen and oxygen atoms in total. The van der Waals surface area contributed by atoms with Gasteiger partial charge in [0.25, 0.3) is 0 Å². The van der Waals surface area contributed by atoms with E-state index in [0.717, 1.165) is 6.54 Å². The van der Waals surface area contributed by atoms with Crippen molar-refractivity contribution in [1.82, 2.24) is 10.2 Å². The summed E-state index contributed by atoms with van der Waals surface area (Å²) in [4.78, 5) is 27.5. The smallest absolute Gasteiger partial charge is 0.223 e. The van der Waals surface area contributed by atoms with E-state index >= 15 is 0 Å². The number of halogens is 1. The number of hydrogen-bond acceptors (Lipinski definition) is 5. The molecule has 0 fully saturated rings. The fourth-order valence-corrected chi connectivity index (χ4v) is 2.45. The zero-order valence-electron chi connectivity index (χ0n) is 15.4. The third-order valence-corrected chi connectivity index (χ3v) is 3.86. The maximum Gasteiger partial charge on any atom is 0.223 e. The molecule has 140 valence electrons. The SMILES string of the molecule is COc1cc(N(CCC(=O)NCCN(C)C)C(C)=O)c(OC)cc1Cl. The molecule has 1 aromatic rings. The van der Waals surface area contributed by atoms with Gasteiger partial charge in [0.2, 0.25) is 11.8 Å². The lowest BCUT2D eigenvalue weighted by Gasteiger charge is -2.24. The van der Waals surface area contributed by atoms with Gasteiger partial charge in [-0.1, -0.05) is 11.6 Å². The first-order valence-electron chi connectivity index (χ1n) is 7.91. The second-order valence-electron chi connectivity index (χ2n) is 5.73. The number of carbonyl (C=O) groups is 2. The number of carbonyl (C=O) groups excluding carboxylic acids is 2. The van der Waals surface area contributed by atoms with Crippen LogP contribution in [0.5, 0.6) is 11.5 Å². The van der Waals surface area contributed by atoms with E-state index in [4.69, 9.17) is 21.1 Å². The summed E-state index contributed by atoms with van der Waals surface area (Å²) < 4.78 is 10.5. The molecule has 0 bridgehead atoms. The molecule has 1 N–H and O–H groups in total. The lowest BCUT2D eigenvalue weighted by atomic mass is 10.2. The molecule has 0 aromatic heterocycles. The molecule has 1 rings (SSSR count). The van der Waals surface area contributed by atoms with E-state index in [1.165, 1.54) is 26.0 Å². The largest absolute Gasteiger partial charge is 0.495 e. The Hall–Kier alpha value is -1.99. The monoisotopic (exact) mass is 371 g/mol. The van der Waals surface area contributed by atoms with Crippen molar-refractivity contribution in [2.75, 3.05) is 52.8 Å². The number of benzene rings is 1. The minimum Gasteiger partial charge on any atom is -0.495 e. The highest BCUT2D eigenvalue weighted by molar-refractivity contribution is 6.32. The van der Waals surface area contributed by atoms with Gasteiger partial charge in [0.15, 0.2) is 0 Å². The lowest BCUT2D eigenvalue weighted by Crippen LogP contribution is -2.36. The molecule has 25 heavy (non-hydrogen) atoms. The summed E-state index contributed by atoms with van der Waals surface area (Å²) in [5.41, 5.74) is 0.511. The number of anilines is 1. The number of ether oxygens (including phenoxy) is 2. The van der Waals surface area contributed by atoms with Crippen molar-refractivity contribution in [2.45, 2.75) is 13.3 Å². The van der Waals surface area contributed by atoms with Gasteiger partial charge in [-0.25, -0.2) is 0 Å². The topological polar surface area (TPSA) is 71.1 Å². The average Bonchev–Trinajstić information content (AvgIpc) is 2.55. The van der Waals surface area contributed by atoms with E-state index in [1.54, 1.807) is 12.1 Å². The first-order valence-corrected chi connectivity index (χ1v) is 8.29. The number of nitrogens with zero attached hydrogens (tertiary/aromatic N) is 2. The predicted octanol–water partition coefficient (Wildman–Crippen LogP) is 1.78. The van der Waals surface area contributed by atoms with Crippen molar-refractivity contribution in [3.8, 4) is 11.5 Å². The van der Waals surface area contributed by atoms with Crippen LogP contribution in [0, 0.1) is 0 Å². The van der Waals surface area contributed by atoms with Crippen LogP contribution in [0.1, 0.15) is 13.3 Å². The highest BCUT2D eigenvalue weighted by Crippen LogP contribution is 2.38. The van der Waals surface area contributed by atoms with Crippen molar-refractivity contribution in [2.24, 2.45) is 0 Å². The Labute approximate surface area is 153 Å². The van der Waals surface area contributed by atoms with Crippen LogP contribution in [0.2, 0.25) is 5.02 Å². The van der Waals surface area contributed by atoms with Crippen molar-refractivity contribution < 1.29 is 19.1 Å². The first kappa shape index (κ1) is 21.1. The van der Waals surface area contributed by atoms with Gasteiger partial charge >= 0.3 is 0 Å². The molecular weight excluding hydrogens is 346 g/mol. The molecule has 0 saturated heterocycles. The molecule has 0 saturated carbocycles. The van der Waals surface area contributed by atoms with Crippen LogP contribution in [0.25, 0.3) is 0 Å². The van der Waals surface area contributed by atoms with Gasteiger partial charge in [-0.2, -0.15) is 0 Å². The fraction of sp³-hybridized carbons (Fsp3) is 0.529. The minimum absolute atomic E-state index is 0.118. The summed E-state index contributed by atoms with van der Waals surface area (Å²) in [6, 6.07) is 3.22. The first-order chi connectivity index (χ1) is 11.8. The average molecular weight is 372 g/mol. The Morgan fingerprint density at radius 1 is 1.12 bits per heavy atom. The van der Waals surface area contributed by atoms with E-state index < -0.39 is 0 Å². The predicted molar refractivity (Wildman–Crippen MR) is 98.8 cm³/mol. The fourth-order valence-electron chi connectivity index (χ4n) is 2.22. The Morgan fingerprint density at radius 2 is 1.76 bits per heavy atom. The zero-order chi connectivity index (χ0) is 19.0. The van der Waals surface area contributed by atoms with Crippen molar-refractivity contribution in [3.63, 3.8) is 0 Å². The molecule has 0 aliphatic heterocycles. The van der Waals surface area contributed by atoms with Crippen LogP contribution in [0.3, 0.4) is 0 Å². The Bertz CT molecular complexity index is 608. The van der Waals surface area contributed by atoms with Crippen LogP contribution < -0.4 is 19.7 Å². The van der Waals surface area contributed by atoms with Gasteiger partial charge < -0.3 is 24.6 Å². The van der Waals surface area contributed by atoms with E-state index in [1.807, 2.05) is 19.0 Å². The number of likely N-dealkylation sites (N-methyl/N-ethyl adjacent to an activating group) is 1.